The lowest BCUT2D eigenvalue weighted by molar-refractivity contribution is -0.147. The first-order chi connectivity index (χ1) is 24.2. The van der Waals surface area contributed by atoms with Gasteiger partial charge in [0.1, 0.15) is 6.10 Å². The van der Waals surface area contributed by atoms with E-state index < -0.39 is 24.1 Å². The minimum absolute atomic E-state index is 0.172. The number of rotatable bonds is 33. The zero-order valence-electron chi connectivity index (χ0n) is 32.5. The lowest BCUT2D eigenvalue weighted by atomic mass is 10.0. The van der Waals surface area contributed by atoms with Crippen LogP contribution in [0.3, 0.4) is 0 Å². The average Bonchev–Trinajstić information content (AvgIpc) is 3.11. The third-order valence-corrected chi connectivity index (χ3v) is 8.26. The lowest BCUT2D eigenvalue weighted by Crippen LogP contribution is -2.18. The molecule has 9 nitrogen and oxygen atoms in total. The number of carboxylic acid groups (broad SMARTS) is 2. The van der Waals surface area contributed by atoms with Gasteiger partial charge in [0.25, 0.3) is 0 Å². The second kappa shape index (κ2) is 49.3. The summed E-state index contributed by atoms with van der Waals surface area (Å²) in [5, 5.41) is 60.0. The van der Waals surface area contributed by atoms with Crippen LogP contribution in [0.4, 0.5) is 0 Å². The number of aliphatic hydroxyl groups is 5. The molecule has 0 saturated heterocycles. The normalized spacial score (nSPS) is 11.9. The van der Waals surface area contributed by atoms with E-state index in [0.29, 0.717) is 12.8 Å². The second-order valence-corrected chi connectivity index (χ2v) is 13.2. The van der Waals surface area contributed by atoms with Gasteiger partial charge in [-0.2, -0.15) is 0 Å². The van der Waals surface area contributed by atoms with Crippen molar-refractivity contribution in [3.05, 3.63) is 25.3 Å². The molecule has 0 aliphatic carbocycles. The summed E-state index contributed by atoms with van der Waals surface area (Å²) in [7, 11) is 0. The van der Waals surface area contributed by atoms with Crippen LogP contribution in [0.2, 0.25) is 0 Å². The van der Waals surface area contributed by atoms with Crippen LogP contribution >= 0.6 is 0 Å². The van der Waals surface area contributed by atoms with E-state index >= 15 is 0 Å². The van der Waals surface area contributed by atoms with Gasteiger partial charge in [-0.1, -0.05) is 161 Å². The molecule has 0 saturated carbocycles. The molecule has 0 bridgehead atoms. The van der Waals surface area contributed by atoms with Crippen molar-refractivity contribution in [2.24, 2.45) is 0 Å². The number of hydrogen-bond donors (Lipinski definition) is 7. The monoisotopic (exact) mass is 719 g/mol. The van der Waals surface area contributed by atoms with Crippen LogP contribution in [-0.2, 0) is 9.59 Å². The van der Waals surface area contributed by atoms with Crippen molar-refractivity contribution in [3.63, 3.8) is 0 Å². The molecule has 0 rings (SSSR count). The minimum Gasteiger partial charge on any atom is -0.481 e. The predicted molar refractivity (Wildman–Crippen MR) is 208 cm³/mol. The number of carboxylic acids is 2. The number of allylic oxidation sites excluding steroid dienone is 1. The number of carbonyl (C=O) groups is 2. The van der Waals surface area contributed by atoms with Gasteiger partial charge in [-0.25, -0.2) is 4.79 Å². The van der Waals surface area contributed by atoms with Crippen molar-refractivity contribution >= 4 is 11.9 Å². The Morgan fingerprint density at radius 3 is 1.30 bits per heavy atom. The molecule has 0 spiro atoms. The molecular weight excluding hydrogens is 636 g/mol. The Hall–Kier alpha value is -1.78. The molecule has 0 aromatic heterocycles. The average molecular weight is 719 g/mol. The maximum atomic E-state index is 10.4. The first-order valence-electron chi connectivity index (χ1n) is 20.0. The molecule has 0 aliphatic heterocycles. The standard InChI is InChI=1S/C18H34O3.C18H36O3.C3H8O3.C2H4/c1-2-3-4-11-14-17(19)15-12-9-7-5-6-8-10-13-16-18(20)21;1-2-3-4-5-6-7-8-9-10-11-12-13-14-15-16-17(19)18(20)21;4-1-3(6)2-5;1-2/h9,12,17,19H,2-8,10-11,13-16H2,1H3,(H,20,21);17,19H,2-16H2,1H3,(H,20,21);3-6H,1-2H2;1-2H2/b12-9-;;;/t17-;;;/m1.../s1. The zero-order valence-corrected chi connectivity index (χ0v) is 32.5. The maximum absolute atomic E-state index is 10.4. The van der Waals surface area contributed by atoms with Crippen molar-refractivity contribution in [2.45, 2.75) is 212 Å². The summed E-state index contributed by atoms with van der Waals surface area (Å²) in [5.41, 5.74) is 0. The highest BCUT2D eigenvalue weighted by atomic mass is 16.4. The van der Waals surface area contributed by atoms with Crippen LogP contribution in [0.15, 0.2) is 25.3 Å². The van der Waals surface area contributed by atoms with Crippen LogP contribution in [0, 0.1) is 0 Å². The Morgan fingerprint density at radius 1 is 0.520 bits per heavy atom. The van der Waals surface area contributed by atoms with Crippen LogP contribution in [0.1, 0.15) is 194 Å². The predicted octanol–water partition coefficient (Wildman–Crippen LogP) is 9.52. The molecule has 7 N–H and O–H groups in total. The molecule has 50 heavy (non-hydrogen) atoms. The second-order valence-electron chi connectivity index (χ2n) is 13.2. The highest BCUT2D eigenvalue weighted by Gasteiger charge is 2.11. The largest absolute Gasteiger partial charge is 0.481 e. The van der Waals surface area contributed by atoms with Gasteiger partial charge in [0.05, 0.1) is 19.3 Å². The third-order valence-electron chi connectivity index (χ3n) is 8.26. The Morgan fingerprint density at radius 2 is 0.900 bits per heavy atom. The Kier molecular flexibility index (Phi) is 54.2. The van der Waals surface area contributed by atoms with E-state index in [-0.39, 0.29) is 19.3 Å². The molecule has 0 radical (unpaired) electrons. The molecule has 0 fully saturated rings. The molecular formula is C41H82O9. The van der Waals surface area contributed by atoms with E-state index in [4.69, 9.17) is 30.6 Å². The fourth-order valence-electron chi connectivity index (χ4n) is 5.08. The van der Waals surface area contributed by atoms with Gasteiger partial charge in [0.15, 0.2) is 6.10 Å². The minimum atomic E-state index is -1.16. The summed E-state index contributed by atoms with van der Waals surface area (Å²) in [6, 6.07) is 0. The highest BCUT2D eigenvalue weighted by molar-refractivity contribution is 5.71. The van der Waals surface area contributed by atoms with Crippen molar-refractivity contribution in [1.82, 2.24) is 0 Å². The highest BCUT2D eigenvalue weighted by Crippen LogP contribution is 2.14. The van der Waals surface area contributed by atoms with Gasteiger partial charge in [0.2, 0.25) is 0 Å². The number of aliphatic carboxylic acids is 2. The summed E-state index contributed by atoms with van der Waals surface area (Å²) in [5.74, 6) is -1.78. The molecule has 300 valence electrons. The van der Waals surface area contributed by atoms with Crippen LogP contribution in [0.5, 0.6) is 0 Å². The van der Waals surface area contributed by atoms with Gasteiger partial charge in [-0.15, -0.1) is 13.2 Å². The van der Waals surface area contributed by atoms with E-state index in [2.05, 4.69) is 39.2 Å². The summed E-state index contributed by atoms with van der Waals surface area (Å²) in [4.78, 5) is 20.7. The van der Waals surface area contributed by atoms with Gasteiger partial charge < -0.3 is 35.7 Å². The third kappa shape index (κ3) is 55.6. The van der Waals surface area contributed by atoms with Crippen molar-refractivity contribution in [2.75, 3.05) is 13.2 Å². The van der Waals surface area contributed by atoms with Gasteiger partial charge >= 0.3 is 11.9 Å². The van der Waals surface area contributed by atoms with E-state index in [1.54, 1.807) is 0 Å². The van der Waals surface area contributed by atoms with Gasteiger partial charge in [-0.05, 0) is 38.5 Å². The summed E-state index contributed by atoms with van der Waals surface area (Å²) >= 11 is 0. The molecule has 0 amide bonds. The van der Waals surface area contributed by atoms with Crippen molar-refractivity contribution in [1.29, 1.82) is 0 Å². The first kappa shape index (κ1) is 55.0. The molecule has 1 unspecified atom stereocenters. The Bertz CT molecular complexity index is 683. The van der Waals surface area contributed by atoms with Crippen LogP contribution < -0.4 is 0 Å². The molecule has 0 heterocycles. The number of hydrogen-bond acceptors (Lipinski definition) is 7. The quantitative estimate of drug-likeness (QED) is 0.0257. The summed E-state index contributed by atoms with van der Waals surface area (Å²) in [6.45, 7) is 9.73. The maximum Gasteiger partial charge on any atom is 0.332 e. The van der Waals surface area contributed by atoms with Crippen LogP contribution in [0.25, 0.3) is 0 Å². The van der Waals surface area contributed by atoms with Gasteiger partial charge in [0, 0.05) is 6.42 Å². The fraction of sp³-hybridized carbons (Fsp3) is 0.854. The summed E-state index contributed by atoms with van der Waals surface area (Å²) in [6.07, 6.45) is 33.7. The number of unbranched alkanes of at least 4 members (excludes halogenated alkanes) is 21. The van der Waals surface area contributed by atoms with Crippen molar-refractivity contribution in [3.8, 4) is 0 Å². The van der Waals surface area contributed by atoms with Gasteiger partial charge in [-0.3, -0.25) is 4.79 Å². The molecule has 0 aromatic carbocycles. The molecule has 2 atom stereocenters. The SMILES string of the molecule is C=C.CCCCCCCCCCCCCCCCC(O)C(=O)O.CCCCCC[C@@H](O)C/C=C\CCCCCCCC(=O)O.OCC(O)CO. The summed E-state index contributed by atoms with van der Waals surface area (Å²) < 4.78 is 0. The molecule has 0 aliphatic rings. The lowest BCUT2D eigenvalue weighted by Gasteiger charge is -2.07. The Balaban J connectivity index is -0.000000348. The smallest absolute Gasteiger partial charge is 0.332 e. The van der Waals surface area contributed by atoms with Crippen LogP contribution in [-0.4, -0.2) is 79.2 Å². The van der Waals surface area contributed by atoms with Crippen molar-refractivity contribution < 1.29 is 45.3 Å². The molecule has 9 heteroatoms. The number of aliphatic hydroxyl groups excluding tert-OH is 5. The molecule has 0 aromatic rings. The first-order valence-corrected chi connectivity index (χ1v) is 20.0. The zero-order chi connectivity index (χ0) is 38.5. The van der Waals surface area contributed by atoms with E-state index in [1.807, 2.05) is 0 Å². The Labute approximate surface area is 307 Å². The van der Waals surface area contributed by atoms with E-state index in [0.717, 1.165) is 64.2 Å². The fourth-order valence-corrected chi connectivity index (χ4v) is 5.08. The van der Waals surface area contributed by atoms with E-state index in [9.17, 15) is 14.7 Å². The van der Waals surface area contributed by atoms with E-state index in [1.165, 1.54) is 103 Å². The topological polar surface area (TPSA) is 176 Å².